The first-order valence-electron chi connectivity index (χ1n) is 7.02. The lowest BCUT2D eigenvalue weighted by Crippen LogP contribution is -2.36. The van der Waals surface area contributed by atoms with Crippen LogP contribution in [0.5, 0.6) is 0 Å². The standard InChI is InChI=1S/C15H22N2OS/c16-12-6-8-14(9-7-12)19-11-10-15(18)17-13-4-2-1-3-5-13/h6-9,13H,1-5,10-11,16H2,(H,17,18). The Morgan fingerprint density at radius 1 is 1.21 bits per heavy atom. The third-order valence-electron chi connectivity index (χ3n) is 3.45. The number of nitrogens with one attached hydrogen (secondary N) is 1. The topological polar surface area (TPSA) is 55.1 Å². The number of amides is 1. The smallest absolute Gasteiger partial charge is 0.221 e. The molecule has 1 aliphatic carbocycles. The molecule has 3 nitrogen and oxygen atoms in total. The summed E-state index contributed by atoms with van der Waals surface area (Å²) in [5, 5.41) is 3.14. The van der Waals surface area contributed by atoms with E-state index in [1.807, 2.05) is 24.3 Å². The molecule has 104 valence electrons. The number of anilines is 1. The molecule has 1 amide bonds. The van der Waals surface area contributed by atoms with Crippen LogP contribution in [-0.4, -0.2) is 17.7 Å². The Balaban J connectivity index is 1.64. The molecule has 2 rings (SSSR count). The Hall–Kier alpha value is -1.16. The van der Waals surface area contributed by atoms with Gasteiger partial charge in [-0.3, -0.25) is 4.79 Å². The van der Waals surface area contributed by atoms with Crippen molar-refractivity contribution in [3.8, 4) is 0 Å². The second-order valence-corrected chi connectivity index (χ2v) is 6.24. The number of hydrogen-bond acceptors (Lipinski definition) is 3. The van der Waals surface area contributed by atoms with E-state index in [0.717, 1.165) is 24.3 Å². The van der Waals surface area contributed by atoms with Crippen LogP contribution in [0.2, 0.25) is 0 Å². The van der Waals surface area contributed by atoms with Gasteiger partial charge in [0, 0.05) is 28.8 Å². The first-order chi connectivity index (χ1) is 9.24. The highest BCUT2D eigenvalue weighted by atomic mass is 32.2. The van der Waals surface area contributed by atoms with Gasteiger partial charge in [-0.05, 0) is 37.1 Å². The summed E-state index contributed by atoms with van der Waals surface area (Å²) in [5.74, 6) is 1.01. The molecule has 0 spiro atoms. The first-order valence-corrected chi connectivity index (χ1v) is 8.00. The van der Waals surface area contributed by atoms with Crippen LogP contribution in [0.25, 0.3) is 0 Å². The van der Waals surface area contributed by atoms with E-state index in [1.165, 1.54) is 24.2 Å². The van der Waals surface area contributed by atoms with Crippen molar-refractivity contribution < 1.29 is 4.79 Å². The lowest BCUT2D eigenvalue weighted by molar-refractivity contribution is -0.121. The molecule has 0 bridgehead atoms. The van der Waals surface area contributed by atoms with E-state index in [4.69, 9.17) is 5.73 Å². The lowest BCUT2D eigenvalue weighted by atomic mass is 9.95. The Labute approximate surface area is 119 Å². The van der Waals surface area contributed by atoms with Crippen molar-refractivity contribution >= 4 is 23.4 Å². The second kappa shape index (κ2) is 7.43. The normalized spacial score (nSPS) is 16.2. The molecule has 0 aromatic heterocycles. The highest BCUT2D eigenvalue weighted by Gasteiger charge is 2.15. The van der Waals surface area contributed by atoms with Gasteiger partial charge < -0.3 is 11.1 Å². The summed E-state index contributed by atoms with van der Waals surface area (Å²) in [6.07, 6.45) is 6.72. The fourth-order valence-electron chi connectivity index (χ4n) is 2.37. The summed E-state index contributed by atoms with van der Waals surface area (Å²) in [6.45, 7) is 0. The summed E-state index contributed by atoms with van der Waals surface area (Å²) in [6, 6.07) is 8.20. The van der Waals surface area contributed by atoms with Crippen LogP contribution >= 0.6 is 11.8 Å². The third-order valence-corrected chi connectivity index (χ3v) is 4.46. The van der Waals surface area contributed by atoms with Gasteiger partial charge in [-0.25, -0.2) is 0 Å². The number of rotatable bonds is 5. The van der Waals surface area contributed by atoms with Crippen LogP contribution in [0.1, 0.15) is 38.5 Å². The molecular weight excluding hydrogens is 256 g/mol. The molecule has 1 aromatic rings. The Bertz CT molecular complexity index is 399. The molecule has 0 heterocycles. The maximum absolute atomic E-state index is 11.8. The molecule has 1 aromatic carbocycles. The van der Waals surface area contributed by atoms with E-state index in [2.05, 4.69) is 5.32 Å². The largest absolute Gasteiger partial charge is 0.399 e. The van der Waals surface area contributed by atoms with Crippen LogP contribution in [0, 0.1) is 0 Å². The van der Waals surface area contributed by atoms with Crippen molar-refractivity contribution in [1.82, 2.24) is 5.32 Å². The SMILES string of the molecule is Nc1ccc(SCCC(=O)NC2CCCCC2)cc1. The number of thioether (sulfide) groups is 1. The lowest BCUT2D eigenvalue weighted by Gasteiger charge is -2.22. The molecule has 0 saturated heterocycles. The van der Waals surface area contributed by atoms with Gasteiger partial charge >= 0.3 is 0 Å². The Kier molecular flexibility index (Phi) is 5.58. The highest BCUT2D eigenvalue weighted by molar-refractivity contribution is 7.99. The Morgan fingerprint density at radius 2 is 1.89 bits per heavy atom. The van der Waals surface area contributed by atoms with Gasteiger partial charge in [-0.1, -0.05) is 19.3 Å². The third kappa shape index (κ3) is 5.15. The summed E-state index contributed by atoms with van der Waals surface area (Å²) in [4.78, 5) is 13.0. The van der Waals surface area contributed by atoms with Crippen molar-refractivity contribution in [2.75, 3.05) is 11.5 Å². The molecule has 0 atom stereocenters. The number of hydrogen-bond donors (Lipinski definition) is 2. The summed E-state index contributed by atoms with van der Waals surface area (Å²) < 4.78 is 0. The van der Waals surface area contributed by atoms with E-state index < -0.39 is 0 Å². The van der Waals surface area contributed by atoms with Crippen molar-refractivity contribution in [2.45, 2.75) is 49.5 Å². The maximum Gasteiger partial charge on any atom is 0.221 e. The fraction of sp³-hybridized carbons (Fsp3) is 0.533. The predicted molar refractivity (Wildman–Crippen MR) is 81.2 cm³/mol. The predicted octanol–water partition coefficient (Wildman–Crippen LogP) is 3.20. The van der Waals surface area contributed by atoms with E-state index in [0.29, 0.717) is 12.5 Å². The minimum atomic E-state index is 0.190. The molecule has 0 unspecified atom stereocenters. The average Bonchev–Trinajstić information content (AvgIpc) is 2.42. The van der Waals surface area contributed by atoms with Gasteiger partial charge in [0.2, 0.25) is 5.91 Å². The van der Waals surface area contributed by atoms with Gasteiger partial charge in [0.1, 0.15) is 0 Å². The van der Waals surface area contributed by atoms with Crippen LogP contribution in [0.3, 0.4) is 0 Å². The highest BCUT2D eigenvalue weighted by Crippen LogP contribution is 2.20. The van der Waals surface area contributed by atoms with E-state index >= 15 is 0 Å². The zero-order valence-corrected chi connectivity index (χ0v) is 12.0. The van der Waals surface area contributed by atoms with Gasteiger partial charge in [0.15, 0.2) is 0 Å². The van der Waals surface area contributed by atoms with E-state index in [9.17, 15) is 4.79 Å². The molecule has 1 aliphatic rings. The fourth-order valence-corrected chi connectivity index (χ4v) is 3.22. The van der Waals surface area contributed by atoms with Crippen molar-refractivity contribution in [3.05, 3.63) is 24.3 Å². The molecule has 0 aliphatic heterocycles. The monoisotopic (exact) mass is 278 g/mol. The van der Waals surface area contributed by atoms with Gasteiger partial charge in [0.25, 0.3) is 0 Å². The quantitative estimate of drug-likeness (QED) is 0.642. The number of benzene rings is 1. The van der Waals surface area contributed by atoms with Gasteiger partial charge in [-0.2, -0.15) is 0 Å². The first kappa shape index (κ1) is 14.3. The maximum atomic E-state index is 11.8. The zero-order valence-electron chi connectivity index (χ0n) is 11.2. The van der Waals surface area contributed by atoms with Crippen molar-refractivity contribution in [2.24, 2.45) is 0 Å². The summed E-state index contributed by atoms with van der Waals surface area (Å²) in [5.41, 5.74) is 6.41. The number of carbonyl (C=O) groups is 1. The molecule has 3 N–H and O–H groups in total. The van der Waals surface area contributed by atoms with Crippen molar-refractivity contribution in [3.63, 3.8) is 0 Å². The minimum Gasteiger partial charge on any atom is -0.399 e. The molecule has 4 heteroatoms. The van der Waals surface area contributed by atoms with Crippen LogP contribution in [0.4, 0.5) is 5.69 Å². The molecule has 1 fully saturated rings. The number of carbonyl (C=O) groups excluding carboxylic acids is 1. The minimum absolute atomic E-state index is 0.190. The average molecular weight is 278 g/mol. The van der Waals surface area contributed by atoms with Gasteiger partial charge in [-0.15, -0.1) is 11.8 Å². The van der Waals surface area contributed by atoms with Gasteiger partial charge in [0.05, 0.1) is 0 Å². The Morgan fingerprint density at radius 3 is 2.58 bits per heavy atom. The summed E-state index contributed by atoms with van der Waals surface area (Å²) in [7, 11) is 0. The van der Waals surface area contributed by atoms with Crippen LogP contribution < -0.4 is 11.1 Å². The van der Waals surface area contributed by atoms with Crippen molar-refractivity contribution in [1.29, 1.82) is 0 Å². The molecule has 1 saturated carbocycles. The van der Waals surface area contributed by atoms with E-state index in [1.54, 1.807) is 11.8 Å². The number of nitrogens with two attached hydrogens (primary N) is 1. The molecule has 0 radical (unpaired) electrons. The zero-order chi connectivity index (χ0) is 13.5. The second-order valence-electron chi connectivity index (χ2n) is 5.07. The van der Waals surface area contributed by atoms with E-state index in [-0.39, 0.29) is 5.91 Å². The number of nitrogen functional groups attached to an aromatic ring is 1. The van der Waals surface area contributed by atoms with Crippen LogP contribution in [-0.2, 0) is 4.79 Å². The van der Waals surface area contributed by atoms with Crippen LogP contribution in [0.15, 0.2) is 29.2 Å². The molecular formula is C15H22N2OS. The molecule has 19 heavy (non-hydrogen) atoms. The summed E-state index contributed by atoms with van der Waals surface area (Å²) >= 11 is 1.70.